The maximum absolute atomic E-state index is 14.8. The normalized spacial score (nSPS) is 17.9. The van der Waals surface area contributed by atoms with Gasteiger partial charge in [0.15, 0.2) is 0 Å². The highest BCUT2D eigenvalue weighted by Crippen LogP contribution is 2.40. The van der Waals surface area contributed by atoms with Crippen LogP contribution < -0.4 is 4.74 Å². The Morgan fingerprint density at radius 3 is 1.89 bits per heavy atom. The zero-order valence-corrected chi connectivity index (χ0v) is 19.8. The number of rotatable bonds is 4. The van der Waals surface area contributed by atoms with E-state index in [-0.39, 0.29) is 5.92 Å². The van der Waals surface area contributed by atoms with Crippen LogP contribution in [-0.4, -0.2) is 0 Å². The van der Waals surface area contributed by atoms with Crippen LogP contribution in [0.15, 0.2) is 48.5 Å². The fourth-order valence-corrected chi connectivity index (χ4v) is 4.40. The lowest BCUT2D eigenvalue weighted by Crippen LogP contribution is -2.26. The van der Waals surface area contributed by atoms with Gasteiger partial charge in [0.1, 0.15) is 34.6 Å². The third-order valence-electron chi connectivity index (χ3n) is 6.49. The average Bonchev–Trinajstić information content (AvgIpc) is 2.79. The number of alkyl halides is 2. The summed E-state index contributed by atoms with van der Waals surface area (Å²) < 4.78 is 92.3. The highest BCUT2D eigenvalue weighted by Gasteiger charge is 2.42. The Morgan fingerprint density at radius 1 is 0.778 bits per heavy atom. The first-order valence-electron chi connectivity index (χ1n) is 11.7. The largest absolute Gasteiger partial charge is 0.432 e. The molecule has 0 saturated heterocycles. The molecule has 0 aliphatic heterocycles. The van der Waals surface area contributed by atoms with E-state index in [4.69, 9.17) is 0 Å². The summed E-state index contributed by atoms with van der Waals surface area (Å²) in [7, 11) is 0. The zero-order valence-electron chi connectivity index (χ0n) is 19.8. The first-order valence-corrected chi connectivity index (χ1v) is 11.7. The molecule has 1 aliphatic carbocycles. The number of hydrogen-bond donors (Lipinski definition) is 0. The molecule has 1 nitrogen and oxygen atoms in total. The Morgan fingerprint density at radius 2 is 1.33 bits per heavy atom. The average molecular weight is 502 g/mol. The molecule has 0 N–H and O–H groups in total. The van der Waals surface area contributed by atoms with Gasteiger partial charge in [0.25, 0.3) is 0 Å². The summed E-state index contributed by atoms with van der Waals surface area (Å²) in [5.74, 6) is -1.06. The zero-order chi connectivity index (χ0) is 26.0. The van der Waals surface area contributed by atoms with E-state index in [2.05, 4.69) is 23.5 Å². The highest BCUT2D eigenvalue weighted by molar-refractivity contribution is 5.46. The van der Waals surface area contributed by atoms with Crippen molar-refractivity contribution in [3.8, 4) is 17.6 Å². The van der Waals surface area contributed by atoms with E-state index >= 15 is 0 Å². The Bertz CT molecular complexity index is 1270. The summed E-state index contributed by atoms with van der Waals surface area (Å²) in [6.07, 6.45) is -1.31. The van der Waals surface area contributed by atoms with E-state index in [1.807, 2.05) is 6.92 Å². The van der Waals surface area contributed by atoms with Crippen LogP contribution in [0.1, 0.15) is 66.3 Å². The maximum Gasteiger partial charge on any atom is 0.432 e. The van der Waals surface area contributed by atoms with Crippen molar-refractivity contribution in [3.05, 3.63) is 99.6 Å². The molecule has 4 rings (SSSR count). The molecule has 1 fully saturated rings. The van der Waals surface area contributed by atoms with Gasteiger partial charge in [-0.3, -0.25) is 0 Å². The molecule has 0 radical (unpaired) electrons. The van der Waals surface area contributed by atoms with E-state index < -0.39 is 46.3 Å². The van der Waals surface area contributed by atoms with E-state index in [9.17, 15) is 26.3 Å². The van der Waals surface area contributed by atoms with Crippen molar-refractivity contribution in [2.45, 2.75) is 51.6 Å². The van der Waals surface area contributed by atoms with Crippen molar-refractivity contribution in [2.24, 2.45) is 5.92 Å². The van der Waals surface area contributed by atoms with Crippen LogP contribution in [0.25, 0.3) is 0 Å². The van der Waals surface area contributed by atoms with E-state index in [1.165, 1.54) is 0 Å². The topological polar surface area (TPSA) is 9.23 Å². The van der Waals surface area contributed by atoms with Crippen molar-refractivity contribution >= 4 is 0 Å². The lowest BCUT2D eigenvalue weighted by molar-refractivity contribution is -0.189. The van der Waals surface area contributed by atoms with Crippen LogP contribution in [-0.2, 0) is 6.11 Å². The lowest BCUT2D eigenvalue weighted by Gasteiger charge is -2.27. The molecule has 36 heavy (non-hydrogen) atoms. The van der Waals surface area contributed by atoms with Gasteiger partial charge in [0.2, 0.25) is 0 Å². The molecule has 188 valence electrons. The van der Waals surface area contributed by atoms with Gasteiger partial charge in [-0.1, -0.05) is 49.3 Å². The lowest BCUT2D eigenvalue weighted by atomic mass is 9.79. The molecule has 1 aliphatic rings. The van der Waals surface area contributed by atoms with Crippen LogP contribution in [0.3, 0.4) is 0 Å². The Balaban J connectivity index is 1.57. The summed E-state index contributed by atoms with van der Waals surface area (Å²) in [6.45, 7) is 3.96. The summed E-state index contributed by atoms with van der Waals surface area (Å²) in [5.41, 5.74) is -0.464. The Kier molecular flexibility index (Phi) is 7.35. The number of benzene rings is 3. The standard InChI is InChI=1S/C29H24F6O/c1-17-3-7-19(8-4-17)9-12-23-24(30)15-22(16-25(23)31)36-29(34,35)28-26(32)13-21(14-27(28)33)20-10-5-18(2)6-11-20/h3-4,7-8,13-16,18,20H,5-6,10-11H2,1-2H3. The Hall–Kier alpha value is -3.40. The van der Waals surface area contributed by atoms with Crippen LogP contribution in [0.5, 0.6) is 5.75 Å². The second-order valence-corrected chi connectivity index (χ2v) is 9.31. The van der Waals surface area contributed by atoms with Gasteiger partial charge in [-0.25, -0.2) is 17.6 Å². The van der Waals surface area contributed by atoms with Crippen LogP contribution in [0.2, 0.25) is 0 Å². The minimum atomic E-state index is -4.51. The first kappa shape index (κ1) is 25.7. The number of halogens is 6. The van der Waals surface area contributed by atoms with Crippen molar-refractivity contribution in [1.82, 2.24) is 0 Å². The summed E-state index contributed by atoms with van der Waals surface area (Å²) in [5, 5.41) is 0. The van der Waals surface area contributed by atoms with E-state index in [0.717, 1.165) is 30.5 Å². The predicted octanol–water partition coefficient (Wildman–Crippen LogP) is 8.37. The minimum Gasteiger partial charge on any atom is -0.429 e. The van der Waals surface area contributed by atoms with Crippen molar-refractivity contribution in [3.63, 3.8) is 0 Å². The van der Waals surface area contributed by atoms with Gasteiger partial charge in [0, 0.05) is 17.7 Å². The molecule has 0 heterocycles. The monoisotopic (exact) mass is 502 g/mol. The van der Waals surface area contributed by atoms with Crippen molar-refractivity contribution in [1.29, 1.82) is 0 Å². The number of hydrogen-bond acceptors (Lipinski definition) is 1. The summed E-state index contributed by atoms with van der Waals surface area (Å²) >= 11 is 0. The van der Waals surface area contributed by atoms with Gasteiger partial charge in [-0.15, -0.1) is 0 Å². The summed E-state index contributed by atoms with van der Waals surface area (Å²) in [4.78, 5) is 0. The molecule has 0 unspecified atom stereocenters. The second-order valence-electron chi connectivity index (χ2n) is 9.31. The molecule has 0 atom stereocenters. The van der Waals surface area contributed by atoms with E-state index in [1.54, 1.807) is 24.3 Å². The van der Waals surface area contributed by atoms with Crippen LogP contribution in [0.4, 0.5) is 26.3 Å². The van der Waals surface area contributed by atoms with Gasteiger partial charge in [-0.05, 0) is 61.4 Å². The molecule has 3 aromatic rings. The molecule has 1 saturated carbocycles. The predicted molar refractivity (Wildman–Crippen MR) is 125 cm³/mol. The maximum atomic E-state index is 14.8. The highest BCUT2D eigenvalue weighted by atomic mass is 19.3. The van der Waals surface area contributed by atoms with Gasteiger partial charge >= 0.3 is 6.11 Å². The SMILES string of the molecule is Cc1ccc(C#Cc2c(F)cc(OC(F)(F)c3c(F)cc(C4CCC(C)CC4)cc3F)cc2F)cc1. The van der Waals surface area contributed by atoms with Crippen molar-refractivity contribution < 1.29 is 31.1 Å². The van der Waals surface area contributed by atoms with Crippen molar-refractivity contribution in [2.75, 3.05) is 0 Å². The molecule has 0 spiro atoms. The van der Waals surface area contributed by atoms with Crippen LogP contribution >= 0.6 is 0 Å². The number of ether oxygens (including phenoxy) is 1. The smallest absolute Gasteiger partial charge is 0.429 e. The molecular formula is C29H24F6O. The molecular weight excluding hydrogens is 478 g/mol. The van der Waals surface area contributed by atoms with E-state index in [0.29, 0.717) is 42.0 Å². The minimum absolute atomic E-state index is 0.120. The molecule has 0 bridgehead atoms. The van der Waals surface area contributed by atoms with Gasteiger partial charge in [0.05, 0.1) is 5.56 Å². The fraction of sp³-hybridized carbons (Fsp3) is 0.310. The molecule has 0 aromatic heterocycles. The molecule has 0 amide bonds. The first-order chi connectivity index (χ1) is 17.0. The Labute approximate surface area is 206 Å². The molecule has 7 heteroatoms. The van der Waals surface area contributed by atoms with Gasteiger partial charge < -0.3 is 4.74 Å². The van der Waals surface area contributed by atoms with Crippen LogP contribution in [0, 0.1) is 48.0 Å². The summed E-state index contributed by atoms with van der Waals surface area (Å²) in [6, 6.07) is 9.67. The molecule has 3 aromatic carbocycles. The fourth-order valence-electron chi connectivity index (χ4n) is 4.40. The third kappa shape index (κ3) is 5.70. The second kappa shape index (κ2) is 10.3. The third-order valence-corrected chi connectivity index (χ3v) is 6.49. The van der Waals surface area contributed by atoms with Gasteiger partial charge in [-0.2, -0.15) is 8.78 Å². The quantitative estimate of drug-likeness (QED) is 0.257. The number of aryl methyl sites for hydroxylation is 1.